The lowest BCUT2D eigenvalue weighted by Gasteiger charge is -2.17. The normalized spacial score (nSPS) is 11.3. The maximum atomic E-state index is 13.6. The molecule has 0 atom stereocenters. The van der Waals surface area contributed by atoms with E-state index < -0.39 is 23.6 Å². The lowest BCUT2D eigenvalue weighted by atomic mass is 10.1. The van der Waals surface area contributed by atoms with E-state index in [4.69, 9.17) is 5.84 Å². The van der Waals surface area contributed by atoms with Crippen molar-refractivity contribution in [3.8, 4) is 0 Å². The fourth-order valence-electron chi connectivity index (χ4n) is 2.13. The highest BCUT2D eigenvalue weighted by Crippen LogP contribution is 2.42. The van der Waals surface area contributed by atoms with E-state index in [0.717, 1.165) is 17.8 Å². The molecule has 4 nitrogen and oxygen atoms in total. The molecule has 0 radical (unpaired) electrons. The van der Waals surface area contributed by atoms with Gasteiger partial charge in [0, 0.05) is 10.6 Å². The monoisotopic (exact) mass is 373 g/mol. The standard InChI is InChI=1S/C16H15F4N3OS/c1-9-10(4-2-6-12(9)17)8-25-14-11(16(18,19)20)5-3-7-13(14)22-15(24)23-21/h2-7H,8,21H2,1H3,(H2,22,23,24). The van der Waals surface area contributed by atoms with Gasteiger partial charge in [0.1, 0.15) is 5.82 Å². The van der Waals surface area contributed by atoms with Crippen LogP contribution < -0.4 is 16.6 Å². The van der Waals surface area contributed by atoms with Crippen molar-refractivity contribution in [1.29, 1.82) is 0 Å². The Kier molecular flexibility index (Phi) is 5.91. The number of amides is 2. The van der Waals surface area contributed by atoms with Crippen LogP contribution in [0.5, 0.6) is 0 Å². The van der Waals surface area contributed by atoms with E-state index in [1.807, 2.05) is 0 Å². The molecule has 9 heteroatoms. The Morgan fingerprint density at radius 3 is 2.52 bits per heavy atom. The molecule has 0 aromatic heterocycles. The molecule has 0 spiro atoms. The van der Waals surface area contributed by atoms with Gasteiger partial charge in [0.15, 0.2) is 0 Å². The average molecular weight is 373 g/mol. The smallest absolute Gasteiger partial charge is 0.306 e. The summed E-state index contributed by atoms with van der Waals surface area (Å²) in [7, 11) is 0. The highest BCUT2D eigenvalue weighted by atomic mass is 32.2. The van der Waals surface area contributed by atoms with Crippen LogP contribution in [0.15, 0.2) is 41.3 Å². The first-order valence-corrected chi connectivity index (χ1v) is 8.07. The van der Waals surface area contributed by atoms with Crippen LogP contribution in [-0.4, -0.2) is 6.03 Å². The van der Waals surface area contributed by atoms with Crippen molar-refractivity contribution in [2.75, 3.05) is 5.32 Å². The van der Waals surface area contributed by atoms with Crippen molar-refractivity contribution < 1.29 is 22.4 Å². The Bertz CT molecular complexity index is 780. The largest absolute Gasteiger partial charge is 0.417 e. The lowest BCUT2D eigenvalue weighted by Crippen LogP contribution is -2.34. The fraction of sp³-hybridized carbons (Fsp3) is 0.188. The lowest BCUT2D eigenvalue weighted by molar-refractivity contribution is -0.139. The fourth-order valence-corrected chi connectivity index (χ4v) is 3.36. The van der Waals surface area contributed by atoms with Crippen LogP contribution in [0.4, 0.5) is 28.0 Å². The Labute approximate surface area is 145 Å². The van der Waals surface area contributed by atoms with Gasteiger partial charge in [-0.1, -0.05) is 18.2 Å². The summed E-state index contributed by atoms with van der Waals surface area (Å²) < 4.78 is 53.5. The molecule has 4 N–H and O–H groups in total. The Morgan fingerprint density at radius 2 is 1.88 bits per heavy atom. The number of hydrogen-bond acceptors (Lipinski definition) is 3. The number of halogens is 4. The van der Waals surface area contributed by atoms with Crippen LogP contribution in [0.2, 0.25) is 0 Å². The first-order valence-electron chi connectivity index (χ1n) is 7.08. The first-order chi connectivity index (χ1) is 11.7. The predicted molar refractivity (Wildman–Crippen MR) is 88.5 cm³/mol. The van der Waals surface area contributed by atoms with E-state index in [9.17, 15) is 22.4 Å². The maximum Gasteiger partial charge on any atom is 0.417 e. The van der Waals surface area contributed by atoms with E-state index in [-0.39, 0.29) is 16.3 Å². The van der Waals surface area contributed by atoms with Crippen molar-refractivity contribution in [2.24, 2.45) is 5.84 Å². The van der Waals surface area contributed by atoms with E-state index in [1.54, 1.807) is 18.4 Å². The van der Waals surface area contributed by atoms with Crippen LogP contribution in [0, 0.1) is 12.7 Å². The van der Waals surface area contributed by atoms with Gasteiger partial charge in [-0.05, 0) is 36.2 Å². The maximum absolute atomic E-state index is 13.6. The summed E-state index contributed by atoms with van der Waals surface area (Å²) in [5.41, 5.74) is 1.82. The number of urea groups is 1. The number of hydrazine groups is 1. The summed E-state index contributed by atoms with van der Waals surface area (Å²) in [6.07, 6.45) is -4.60. The van der Waals surface area contributed by atoms with Crippen LogP contribution in [0.25, 0.3) is 0 Å². The van der Waals surface area contributed by atoms with Gasteiger partial charge >= 0.3 is 12.2 Å². The summed E-state index contributed by atoms with van der Waals surface area (Å²) >= 11 is 0.859. The van der Waals surface area contributed by atoms with Crippen molar-refractivity contribution in [3.63, 3.8) is 0 Å². The molecular weight excluding hydrogens is 358 g/mol. The summed E-state index contributed by atoms with van der Waals surface area (Å²) in [4.78, 5) is 11.2. The van der Waals surface area contributed by atoms with E-state index >= 15 is 0 Å². The molecule has 0 unspecified atom stereocenters. The number of hydrogen-bond donors (Lipinski definition) is 3. The number of thioether (sulfide) groups is 1. The zero-order valence-electron chi connectivity index (χ0n) is 13.1. The van der Waals surface area contributed by atoms with Gasteiger partial charge in [-0.3, -0.25) is 5.43 Å². The van der Waals surface area contributed by atoms with Crippen molar-refractivity contribution in [1.82, 2.24) is 5.43 Å². The molecule has 0 aliphatic rings. The van der Waals surface area contributed by atoms with Gasteiger partial charge in [-0.15, -0.1) is 11.8 Å². The summed E-state index contributed by atoms with van der Waals surface area (Å²) in [6.45, 7) is 1.56. The molecule has 2 aromatic carbocycles. The minimum atomic E-state index is -4.60. The molecular formula is C16H15F4N3OS. The minimum absolute atomic E-state index is 0.0307. The third-order valence-electron chi connectivity index (χ3n) is 3.45. The summed E-state index contributed by atoms with van der Waals surface area (Å²) in [6, 6.07) is 7.02. The Morgan fingerprint density at radius 1 is 1.20 bits per heavy atom. The molecule has 0 aliphatic carbocycles. The van der Waals surface area contributed by atoms with Gasteiger partial charge in [-0.25, -0.2) is 15.0 Å². The number of anilines is 1. The third-order valence-corrected chi connectivity index (χ3v) is 4.64. The molecule has 0 saturated carbocycles. The summed E-state index contributed by atoms with van der Waals surface area (Å²) in [5, 5.41) is 2.27. The molecule has 0 aliphatic heterocycles. The number of rotatable bonds is 4. The second kappa shape index (κ2) is 7.75. The van der Waals surface area contributed by atoms with E-state index in [0.29, 0.717) is 11.1 Å². The van der Waals surface area contributed by atoms with Crippen LogP contribution in [-0.2, 0) is 11.9 Å². The van der Waals surface area contributed by atoms with E-state index in [1.165, 1.54) is 24.3 Å². The highest BCUT2D eigenvalue weighted by Gasteiger charge is 2.34. The minimum Gasteiger partial charge on any atom is -0.306 e. The predicted octanol–water partition coefficient (Wildman–Crippen LogP) is 4.44. The number of benzene rings is 2. The van der Waals surface area contributed by atoms with Gasteiger partial charge in [0.25, 0.3) is 0 Å². The van der Waals surface area contributed by atoms with Crippen LogP contribution in [0.1, 0.15) is 16.7 Å². The van der Waals surface area contributed by atoms with Crippen LogP contribution >= 0.6 is 11.8 Å². The third kappa shape index (κ3) is 4.64. The van der Waals surface area contributed by atoms with E-state index in [2.05, 4.69) is 5.32 Å². The molecule has 2 rings (SSSR count). The molecule has 0 heterocycles. The first kappa shape index (κ1) is 19.1. The van der Waals surface area contributed by atoms with Crippen LogP contribution in [0.3, 0.4) is 0 Å². The SMILES string of the molecule is Cc1c(F)cccc1CSc1c(NC(=O)NN)cccc1C(F)(F)F. The Hall–Kier alpha value is -2.26. The molecule has 134 valence electrons. The van der Waals surface area contributed by atoms with Gasteiger partial charge in [0.05, 0.1) is 11.3 Å². The zero-order chi connectivity index (χ0) is 18.6. The molecule has 2 amide bonds. The van der Waals surface area contributed by atoms with Crippen molar-refractivity contribution >= 4 is 23.5 Å². The number of nitrogens with two attached hydrogens (primary N) is 1. The molecule has 0 fully saturated rings. The van der Waals surface area contributed by atoms with Crippen molar-refractivity contribution in [3.05, 3.63) is 58.9 Å². The highest BCUT2D eigenvalue weighted by molar-refractivity contribution is 7.98. The molecule has 25 heavy (non-hydrogen) atoms. The number of nitrogens with one attached hydrogen (secondary N) is 2. The molecule has 2 aromatic rings. The zero-order valence-corrected chi connectivity index (χ0v) is 13.9. The van der Waals surface area contributed by atoms with Gasteiger partial charge in [-0.2, -0.15) is 13.2 Å². The Balaban J connectivity index is 2.39. The second-order valence-corrected chi connectivity index (χ2v) is 6.08. The summed E-state index contributed by atoms with van der Waals surface area (Å²) in [5.74, 6) is 4.64. The molecule has 0 bridgehead atoms. The van der Waals surface area contributed by atoms with Crippen molar-refractivity contribution in [2.45, 2.75) is 23.7 Å². The number of carbonyl (C=O) groups excluding carboxylic acids is 1. The van der Waals surface area contributed by atoms with Gasteiger partial charge in [0.2, 0.25) is 0 Å². The number of carbonyl (C=O) groups is 1. The molecule has 0 saturated heterocycles. The topological polar surface area (TPSA) is 67.2 Å². The number of alkyl halides is 3. The second-order valence-electron chi connectivity index (χ2n) is 5.09. The quantitative estimate of drug-likeness (QED) is 0.244. The van der Waals surface area contributed by atoms with Gasteiger partial charge < -0.3 is 5.32 Å². The average Bonchev–Trinajstić information content (AvgIpc) is 2.55.